The molecule has 0 aliphatic rings. The number of H-pyrrole nitrogens is 2. The third-order valence-electron chi connectivity index (χ3n) is 3.51. The van der Waals surface area contributed by atoms with Crippen molar-refractivity contribution in [3.05, 3.63) is 66.9 Å². The van der Waals surface area contributed by atoms with Crippen molar-refractivity contribution in [2.45, 2.75) is 6.61 Å². The lowest BCUT2D eigenvalue weighted by Gasteiger charge is -1.97. The minimum atomic E-state index is -0.404. The number of thiazole rings is 2. The maximum Gasteiger partial charge on any atom is 0.337 e. The fourth-order valence-electron chi connectivity index (χ4n) is 2.29. The summed E-state index contributed by atoms with van der Waals surface area (Å²) in [6.45, 7) is 0.00776. The summed E-state index contributed by atoms with van der Waals surface area (Å²) >= 11 is 2.30. The Hall–Kier alpha value is -2.75. The number of nitrogens with one attached hydrogen (secondary N) is 2. The highest BCUT2D eigenvalue weighted by Gasteiger charge is 2.07. The Morgan fingerprint density at radius 2 is 1.58 bits per heavy atom. The number of hydrogen-bond acceptors (Lipinski definition) is 7. The molecule has 9 heteroatoms. The molecule has 134 valence electrons. The molecule has 0 amide bonds. The number of carbonyl (C=O) groups excluding carboxylic acids is 1. The molecule has 3 N–H and O–H groups in total. The summed E-state index contributed by atoms with van der Waals surface area (Å²) in [5, 5.41) is 8.82. The lowest BCUT2D eigenvalue weighted by Crippen LogP contribution is -2.00. The number of ether oxygens (including phenoxy) is 1. The van der Waals surface area contributed by atoms with Crippen molar-refractivity contribution in [2.75, 3.05) is 7.11 Å². The van der Waals surface area contributed by atoms with E-state index < -0.39 is 5.97 Å². The summed E-state index contributed by atoms with van der Waals surface area (Å²) in [4.78, 5) is 38.2. The van der Waals surface area contributed by atoms with Crippen molar-refractivity contribution >= 4 is 49.1 Å². The van der Waals surface area contributed by atoms with Crippen LogP contribution in [0.5, 0.6) is 0 Å². The second-order valence-corrected chi connectivity index (χ2v) is 7.25. The van der Waals surface area contributed by atoms with E-state index in [-0.39, 0.29) is 16.4 Å². The summed E-state index contributed by atoms with van der Waals surface area (Å²) in [5.74, 6) is -0.404. The number of esters is 1. The normalized spacial score (nSPS) is 10.5. The molecule has 0 atom stereocenters. The van der Waals surface area contributed by atoms with Crippen LogP contribution in [0.25, 0.3) is 20.4 Å². The van der Waals surface area contributed by atoms with Crippen molar-refractivity contribution in [3.63, 3.8) is 0 Å². The van der Waals surface area contributed by atoms with Crippen LogP contribution in [0, 0.1) is 0 Å². The van der Waals surface area contributed by atoms with E-state index in [2.05, 4.69) is 14.7 Å². The molecule has 0 aliphatic heterocycles. The van der Waals surface area contributed by atoms with Gasteiger partial charge in [-0.15, -0.1) is 0 Å². The fraction of sp³-hybridized carbons (Fsp3) is 0.118. The van der Waals surface area contributed by atoms with E-state index in [4.69, 9.17) is 5.11 Å². The number of fused-ring (bicyclic) bond motifs is 2. The number of carbonyl (C=O) groups is 1. The van der Waals surface area contributed by atoms with Gasteiger partial charge in [0.1, 0.15) is 0 Å². The molecule has 0 bridgehead atoms. The van der Waals surface area contributed by atoms with Crippen LogP contribution in [0.3, 0.4) is 0 Å². The highest BCUT2D eigenvalue weighted by molar-refractivity contribution is 7.16. The first-order valence-corrected chi connectivity index (χ1v) is 9.07. The van der Waals surface area contributed by atoms with E-state index in [1.165, 1.54) is 18.4 Å². The Morgan fingerprint density at radius 1 is 1.00 bits per heavy atom. The standard InChI is InChI=1S/C9H7NO3S.C8H7NO2S/c1-13-8(11)5-2-3-7-6(4-5)10-9(12)14-7;10-4-5-1-2-7-6(3-5)9-8(11)12-7/h2-4H,1H3,(H,10,12);1-3,10H,4H2,(H,9,11). The van der Waals surface area contributed by atoms with Crippen molar-refractivity contribution < 1.29 is 14.6 Å². The smallest absolute Gasteiger partial charge is 0.337 e. The molecule has 26 heavy (non-hydrogen) atoms. The topological polar surface area (TPSA) is 112 Å². The predicted molar refractivity (Wildman–Crippen MR) is 102 cm³/mol. The van der Waals surface area contributed by atoms with Crippen LogP contribution in [-0.4, -0.2) is 28.2 Å². The molecule has 7 nitrogen and oxygen atoms in total. The highest BCUT2D eigenvalue weighted by atomic mass is 32.1. The average Bonchev–Trinajstić information content (AvgIpc) is 3.20. The van der Waals surface area contributed by atoms with Gasteiger partial charge in [-0.05, 0) is 35.9 Å². The first kappa shape index (κ1) is 18.1. The number of benzene rings is 2. The molecule has 4 rings (SSSR count). The van der Waals surface area contributed by atoms with E-state index in [0.717, 1.165) is 31.8 Å². The molecule has 0 aliphatic carbocycles. The van der Waals surface area contributed by atoms with Crippen molar-refractivity contribution in [2.24, 2.45) is 0 Å². The lowest BCUT2D eigenvalue weighted by atomic mass is 10.2. The number of aliphatic hydroxyl groups is 1. The van der Waals surface area contributed by atoms with Crippen LogP contribution in [0.2, 0.25) is 0 Å². The zero-order chi connectivity index (χ0) is 18.7. The zero-order valence-electron chi connectivity index (χ0n) is 13.6. The molecular formula is C17H14N2O5S2. The van der Waals surface area contributed by atoms with E-state index in [1.807, 2.05) is 12.1 Å². The number of aromatic amines is 2. The summed E-state index contributed by atoms with van der Waals surface area (Å²) in [6, 6.07) is 10.4. The number of aliphatic hydroxyl groups excluding tert-OH is 1. The third-order valence-corrected chi connectivity index (χ3v) is 5.23. The van der Waals surface area contributed by atoms with Gasteiger partial charge in [0, 0.05) is 0 Å². The Labute approximate surface area is 154 Å². The van der Waals surface area contributed by atoms with Crippen LogP contribution in [0.1, 0.15) is 15.9 Å². The van der Waals surface area contributed by atoms with Gasteiger partial charge in [0.2, 0.25) is 0 Å². The minimum absolute atomic E-state index is 0.00776. The van der Waals surface area contributed by atoms with E-state index >= 15 is 0 Å². The predicted octanol–water partition coefficient (Wildman–Crippen LogP) is 2.46. The molecule has 0 radical (unpaired) electrons. The number of rotatable bonds is 2. The van der Waals surface area contributed by atoms with Gasteiger partial charge in [-0.1, -0.05) is 28.7 Å². The summed E-state index contributed by atoms with van der Waals surface area (Å²) < 4.78 is 6.33. The second-order valence-electron chi connectivity index (χ2n) is 5.22. The van der Waals surface area contributed by atoms with Gasteiger partial charge in [-0.2, -0.15) is 0 Å². The summed E-state index contributed by atoms with van der Waals surface area (Å²) in [6.07, 6.45) is 0. The number of aromatic nitrogens is 2. The van der Waals surface area contributed by atoms with Crippen molar-refractivity contribution in [3.8, 4) is 0 Å². The average molecular weight is 390 g/mol. The van der Waals surface area contributed by atoms with Crippen LogP contribution < -0.4 is 9.75 Å². The van der Waals surface area contributed by atoms with Gasteiger partial charge < -0.3 is 19.8 Å². The SMILES string of the molecule is COC(=O)c1ccc2sc(=O)[nH]c2c1.O=c1[nH]c2cc(CO)ccc2s1. The van der Waals surface area contributed by atoms with Crippen LogP contribution in [0.15, 0.2) is 46.0 Å². The lowest BCUT2D eigenvalue weighted by molar-refractivity contribution is 0.0601. The van der Waals surface area contributed by atoms with Gasteiger partial charge >= 0.3 is 15.7 Å². The Bertz CT molecular complexity index is 1190. The van der Waals surface area contributed by atoms with Gasteiger partial charge in [-0.3, -0.25) is 9.59 Å². The Morgan fingerprint density at radius 3 is 2.15 bits per heavy atom. The fourth-order valence-corrected chi connectivity index (χ4v) is 3.73. The molecule has 2 aromatic heterocycles. The quantitative estimate of drug-likeness (QED) is 0.455. The largest absolute Gasteiger partial charge is 0.465 e. The number of methoxy groups -OCH3 is 1. The minimum Gasteiger partial charge on any atom is -0.465 e. The molecule has 0 spiro atoms. The Kier molecular flexibility index (Phi) is 5.31. The van der Waals surface area contributed by atoms with Gasteiger partial charge in [0.25, 0.3) is 0 Å². The molecule has 0 fully saturated rings. The summed E-state index contributed by atoms with van der Waals surface area (Å²) in [5.41, 5.74) is 2.73. The molecule has 0 unspecified atom stereocenters. The number of hydrogen-bond donors (Lipinski definition) is 3. The van der Waals surface area contributed by atoms with Crippen molar-refractivity contribution in [1.82, 2.24) is 9.97 Å². The van der Waals surface area contributed by atoms with E-state index in [0.29, 0.717) is 11.1 Å². The molecular weight excluding hydrogens is 376 g/mol. The molecule has 0 saturated heterocycles. The van der Waals surface area contributed by atoms with Crippen molar-refractivity contribution in [1.29, 1.82) is 0 Å². The zero-order valence-corrected chi connectivity index (χ0v) is 15.2. The highest BCUT2D eigenvalue weighted by Crippen LogP contribution is 2.16. The maximum absolute atomic E-state index is 11.2. The van der Waals surface area contributed by atoms with Gasteiger partial charge in [0.05, 0.1) is 39.7 Å². The first-order valence-electron chi connectivity index (χ1n) is 7.44. The molecule has 2 heterocycles. The molecule has 4 aromatic rings. The second kappa shape index (κ2) is 7.65. The van der Waals surface area contributed by atoms with Crippen LogP contribution in [0.4, 0.5) is 0 Å². The van der Waals surface area contributed by atoms with Gasteiger partial charge in [0.15, 0.2) is 0 Å². The first-order chi connectivity index (χ1) is 12.5. The molecule has 2 aromatic carbocycles. The monoisotopic (exact) mass is 390 g/mol. The van der Waals surface area contributed by atoms with Crippen LogP contribution in [-0.2, 0) is 11.3 Å². The summed E-state index contributed by atoms with van der Waals surface area (Å²) in [7, 11) is 1.32. The third kappa shape index (κ3) is 3.90. The van der Waals surface area contributed by atoms with Crippen LogP contribution >= 0.6 is 22.7 Å². The molecule has 0 saturated carbocycles. The Balaban J connectivity index is 0.000000152. The van der Waals surface area contributed by atoms with E-state index in [9.17, 15) is 14.4 Å². The van der Waals surface area contributed by atoms with E-state index in [1.54, 1.807) is 24.3 Å². The maximum atomic E-state index is 11.2. The van der Waals surface area contributed by atoms with Gasteiger partial charge in [-0.25, -0.2) is 4.79 Å².